The summed E-state index contributed by atoms with van der Waals surface area (Å²) in [5.74, 6) is 0.547. The van der Waals surface area contributed by atoms with E-state index in [0.29, 0.717) is 12.5 Å². The average molecular weight is 389 g/mol. The van der Waals surface area contributed by atoms with Crippen LogP contribution in [0.2, 0.25) is 0 Å². The van der Waals surface area contributed by atoms with Crippen LogP contribution in [0.1, 0.15) is 5.56 Å². The van der Waals surface area contributed by atoms with Crippen LogP contribution in [0.5, 0.6) is 0 Å². The Morgan fingerprint density at radius 1 is 1.12 bits per heavy atom. The fourth-order valence-corrected chi connectivity index (χ4v) is 2.64. The lowest BCUT2D eigenvalue weighted by Gasteiger charge is -2.22. The number of benzene rings is 2. The van der Waals surface area contributed by atoms with Crippen molar-refractivity contribution in [2.24, 2.45) is 4.99 Å². The van der Waals surface area contributed by atoms with Gasteiger partial charge in [-0.3, -0.25) is 9.79 Å². The summed E-state index contributed by atoms with van der Waals surface area (Å²) in [7, 11) is 3.64. The topological polar surface area (TPSA) is 56.7 Å². The Labute approximate surface area is 150 Å². The zero-order valence-corrected chi connectivity index (χ0v) is 15.4. The number of carbonyl (C=O) groups is 1. The van der Waals surface area contributed by atoms with Gasteiger partial charge in [0.25, 0.3) is 0 Å². The van der Waals surface area contributed by atoms with Gasteiger partial charge >= 0.3 is 0 Å². The van der Waals surface area contributed by atoms with E-state index < -0.39 is 0 Å². The predicted molar refractivity (Wildman–Crippen MR) is 102 cm³/mol. The summed E-state index contributed by atoms with van der Waals surface area (Å²) < 4.78 is 1.05. The summed E-state index contributed by atoms with van der Waals surface area (Å²) in [5.41, 5.74) is 1.93. The summed E-state index contributed by atoms with van der Waals surface area (Å²) in [4.78, 5) is 18.2. The van der Waals surface area contributed by atoms with Crippen molar-refractivity contribution >= 4 is 33.5 Å². The number of aliphatic imine (C=N–C) groups is 1. The van der Waals surface area contributed by atoms with Crippen LogP contribution in [0.4, 0.5) is 5.69 Å². The second kappa shape index (κ2) is 9.08. The normalized spacial score (nSPS) is 11.0. The van der Waals surface area contributed by atoms with Crippen molar-refractivity contribution in [3.05, 3.63) is 64.6 Å². The summed E-state index contributed by atoms with van der Waals surface area (Å²) in [5, 5.41) is 5.91. The Hall–Kier alpha value is -2.34. The van der Waals surface area contributed by atoms with Gasteiger partial charge in [-0.05, 0) is 23.8 Å². The molecule has 0 aliphatic carbocycles. The maximum absolute atomic E-state index is 12.0. The van der Waals surface area contributed by atoms with E-state index >= 15 is 0 Å². The third kappa shape index (κ3) is 5.38. The number of nitrogens with zero attached hydrogens (tertiary/aromatic N) is 2. The first-order chi connectivity index (χ1) is 11.6. The third-order valence-corrected chi connectivity index (χ3v) is 4.18. The minimum Gasteiger partial charge on any atom is -0.347 e. The first kappa shape index (κ1) is 18.0. The molecule has 6 heteroatoms. The number of amides is 1. The molecule has 2 aromatic rings. The van der Waals surface area contributed by atoms with Crippen LogP contribution in [0.25, 0.3) is 0 Å². The van der Waals surface area contributed by atoms with E-state index in [2.05, 4.69) is 37.6 Å². The van der Waals surface area contributed by atoms with Crippen molar-refractivity contribution in [3.63, 3.8) is 0 Å². The quantitative estimate of drug-likeness (QED) is 0.611. The molecule has 0 saturated heterocycles. The van der Waals surface area contributed by atoms with E-state index in [1.807, 2.05) is 60.5 Å². The van der Waals surface area contributed by atoms with Crippen molar-refractivity contribution in [1.29, 1.82) is 0 Å². The van der Waals surface area contributed by atoms with E-state index in [1.165, 1.54) is 0 Å². The summed E-state index contributed by atoms with van der Waals surface area (Å²) in [6.45, 7) is 0.837. The Morgan fingerprint density at radius 2 is 1.79 bits per heavy atom. The highest BCUT2D eigenvalue weighted by Crippen LogP contribution is 2.17. The van der Waals surface area contributed by atoms with Gasteiger partial charge in [0.1, 0.15) is 0 Å². The molecule has 2 N–H and O–H groups in total. The second-order valence-corrected chi connectivity index (χ2v) is 6.12. The molecule has 2 aromatic carbocycles. The van der Waals surface area contributed by atoms with Crippen molar-refractivity contribution < 1.29 is 4.79 Å². The van der Waals surface area contributed by atoms with Crippen molar-refractivity contribution in [1.82, 2.24) is 10.2 Å². The molecule has 0 aliphatic rings. The number of hydrogen-bond acceptors (Lipinski definition) is 2. The van der Waals surface area contributed by atoms with Gasteiger partial charge in [0.15, 0.2) is 5.96 Å². The van der Waals surface area contributed by atoms with Gasteiger partial charge in [0.05, 0.1) is 6.54 Å². The van der Waals surface area contributed by atoms with Crippen molar-refractivity contribution in [2.75, 3.05) is 26.0 Å². The first-order valence-corrected chi connectivity index (χ1v) is 8.39. The lowest BCUT2D eigenvalue weighted by atomic mass is 10.2. The minimum absolute atomic E-state index is 0.114. The molecule has 0 aromatic heterocycles. The number of para-hydroxylation sites is 1. The third-order valence-electron chi connectivity index (χ3n) is 3.40. The standard InChI is InChI=1S/C18H21BrN4O/c1-20-18(23(2)13-14-8-6-7-11-16(14)19)21-12-17(24)22-15-9-4-3-5-10-15/h3-11H,12-13H2,1-2H3,(H,20,21)(H,22,24). The highest BCUT2D eigenvalue weighted by atomic mass is 79.9. The molecule has 0 unspecified atom stereocenters. The molecule has 0 atom stereocenters. The van der Waals surface area contributed by atoms with Crippen LogP contribution in [0, 0.1) is 0 Å². The fraction of sp³-hybridized carbons (Fsp3) is 0.222. The largest absolute Gasteiger partial charge is 0.347 e. The smallest absolute Gasteiger partial charge is 0.243 e. The molecular formula is C18H21BrN4O. The number of rotatable bonds is 5. The second-order valence-electron chi connectivity index (χ2n) is 5.26. The molecule has 24 heavy (non-hydrogen) atoms. The van der Waals surface area contributed by atoms with E-state index in [1.54, 1.807) is 7.05 Å². The van der Waals surface area contributed by atoms with Crippen LogP contribution in [0.15, 0.2) is 64.1 Å². The van der Waals surface area contributed by atoms with E-state index in [4.69, 9.17) is 0 Å². The van der Waals surface area contributed by atoms with Crippen LogP contribution in [-0.2, 0) is 11.3 Å². The summed E-state index contributed by atoms with van der Waals surface area (Å²) >= 11 is 3.54. The van der Waals surface area contributed by atoms with Gasteiger partial charge < -0.3 is 15.5 Å². The fourth-order valence-electron chi connectivity index (χ4n) is 2.23. The van der Waals surface area contributed by atoms with Gasteiger partial charge in [-0.25, -0.2) is 0 Å². The molecule has 0 spiro atoms. The van der Waals surface area contributed by atoms with Crippen molar-refractivity contribution in [2.45, 2.75) is 6.54 Å². The molecule has 0 radical (unpaired) electrons. The maximum atomic E-state index is 12.0. The van der Waals surface area contributed by atoms with Gasteiger partial charge in [0, 0.05) is 30.8 Å². The molecule has 0 heterocycles. The average Bonchev–Trinajstić information content (AvgIpc) is 2.58. The monoisotopic (exact) mass is 388 g/mol. The molecule has 2 rings (SSSR count). The van der Waals surface area contributed by atoms with Crippen molar-refractivity contribution in [3.8, 4) is 0 Å². The highest BCUT2D eigenvalue weighted by Gasteiger charge is 2.10. The zero-order chi connectivity index (χ0) is 17.4. The molecule has 0 saturated carbocycles. The van der Waals surface area contributed by atoms with Crippen LogP contribution < -0.4 is 10.6 Å². The lowest BCUT2D eigenvalue weighted by Crippen LogP contribution is -2.42. The van der Waals surface area contributed by atoms with E-state index in [-0.39, 0.29) is 12.5 Å². The highest BCUT2D eigenvalue weighted by molar-refractivity contribution is 9.10. The van der Waals surface area contributed by atoms with Crippen LogP contribution in [-0.4, -0.2) is 37.4 Å². The SMILES string of the molecule is CN=C(NCC(=O)Nc1ccccc1)N(C)Cc1ccccc1Br. The maximum Gasteiger partial charge on any atom is 0.243 e. The Kier molecular flexibility index (Phi) is 6.81. The van der Waals surface area contributed by atoms with Gasteiger partial charge in [0.2, 0.25) is 5.91 Å². The number of nitrogens with one attached hydrogen (secondary N) is 2. The zero-order valence-electron chi connectivity index (χ0n) is 13.8. The van der Waals surface area contributed by atoms with E-state index in [0.717, 1.165) is 15.7 Å². The lowest BCUT2D eigenvalue weighted by molar-refractivity contribution is -0.115. The minimum atomic E-state index is -0.114. The molecule has 126 valence electrons. The number of guanidine groups is 1. The number of carbonyl (C=O) groups excluding carboxylic acids is 1. The molecule has 0 fully saturated rings. The van der Waals surface area contributed by atoms with Gasteiger partial charge in [-0.1, -0.05) is 52.3 Å². The van der Waals surface area contributed by atoms with Crippen LogP contribution >= 0.6 is 15.9 Å². The Bertz CT molecular complexity index is 703. The number of hydrogen-bond donors (Lipinski definition) is 2. The Morgan fingerprint density at radius 3 is 2.46 bits per heavy atom. The predicted octanol–water partition coefficient (Wildman–Crippen LogP) is 3.10. The molecule has 5 nitrogen and oxygen atoms in total. The number of anilines is 1. The molecular weight excluding hydrogens is 368 g/mol. The molecule has 1 amide bonds. The van der Waals surface area contributed by atoms with Gasteiger partial charge in [-0.15, -0.1) is 0 Å². The van der Waals surface area contributed by atoms with Gasteiger partial charge in [-0.2, -0.15) is 0 Å². The summed E-state index contributed by atoms with van der Waals surface area (Å²) in [6, 6.07) is 17.4. The molecule has 0 bridgehead atoms. The number of halogens is 1. The summed E-state index contributed by atoms with van der Waals surface area (Å²) in [6.07, 6.45) is 0. The van der Waals surface area contributed by atoms with Crippen LogP contribution in [0.3, 0.4) is 0 Å². The Balaban J connectivity index is 1.87. The first-order valence-electron chi connectivity index (χ1n) is 7.60. The van der Waals surface area contributed by atoms with E-state index in [9.17, 15) is 4.79 Å². The molecule has 0 aliphatic heterocycles.